The first-order valence-electron chi connectivity index (χ1n) is 6.63. The number of carbonyl (C=O) groups excluding carboxylic acids is 1. The van der Waals surface area contributed by atoms with Gasteiger partial charge in [-0.3, -0.25) is 9.48 Å². The second kappa shape index (κ2) is 6.50. The third-order valence-electron chi connectivity index (χ3n) is 3.49. The second-order valence-corrected chi connectivity index (χ2v) is 5.71. The molecule has 2 aromatic rings. The Kier molecular flexibility index (Phi) is 4.91. The number of halogens is 2. The molecule has 2 rings (SSSR count). The topological polar surface area (TPSA) is 46.9 Å². The Bertz CT molecular complexity index is 680. The van der Waals surface area contributed by atoms with E-state index in [9.17, 15) is 4.79 Å². The number of aryl methyl sites for hydroxylation is 2. The summed E-state index contributed by atoms with van der Waals surface area (Å²) in [6.07, 6.45) is 1.02. The second-order valence-electron chi connectivity index (χ2n) is 4.92. The summed E-state index contributed by atoms with van der Waals surface area (Å²) in [4.78, 5) is 12.0. The SMILES string of the molecule is Cc1nn(C)c(C)c1CCC(=O)Nc1cccc(Cl)c1Cl. The van der Waals surface area contributed by atoms with Crippen molar-refractivity contribution in [1.29, 1.82) is 0 Å². The average molecular weight is 326 g/mol. The van der Waals surface area contributed by atoms with E-state index in [1.165, 1.54) is 0 Å². The predicted molar refractivity (Wildman–Crippen MR) is 86.1 cm³/mol. The molecule has 1 aromatic carbocycles. The zero-order valence-corrected chi connectivity index (χ0v) is 13.7. The van der Waals surface area contributed by atoms with E-state index >= 15 is 0 Å². The normalized spacial score (nSPS) is 10.7. The molecule has 0 unspecified atom stereocenters. The van der Waals surface area contributed by atoms with Gasteiger partial charge in [0.2, 0.25) is 5.91 Å². The van der Waals surface area contributed by atoms with Crippen molar-refractivity contribution in [2.24, 2.45) is 7.05 Å². The number of rotatable bonds is 4. The summed E-state index contributed by atoms with van der Waals surface area (Å²) >= 11 is 12.0. The highest BCUT2D eigenvalue weighted by atomic mass is 35.5. The molecule has 1 amide bonds. The van der Waals surface area contributed by atoms with Gasteiger partial charge >= 0.3 is 0 Å². The Labute approximate surface area is 134 Å². The van der Waals surface area contributed by atoms with Crippen molar-refractivity contribution in [3.63, 3.8) is 0 Å². The van der Waals surface area contributed by atoms with Crippen LogP contribution in [0.4, 0.5) is 5.69 Å². The fraction of sp³-hybridized carbons (Fsp3) is 0.333. The number of hydrogen-bond acceptors (Lipinski definition) is 2. The van der Waals surface area contributed by atoms with Gasteiger partial charge in [0.15, 0.2) is 0 Å². The summed E-state index contributed by atoms with van der Waals surface area (Å²) in [5.41, 5.74) is 3.70. The molecule has 0 bridgehead atoms. The van der Waals surface area contributed by atoms with Gasteiger partial charge < -0.3 is 5.32 Å². The van der Waals surface area contributed by atoms with Crippen molar-refractivity contribution in [3.05, 3.63) is 45.2 Å². The van der Waals surface area contributed by atoms with E-state index < -0.39 is 0 Å². The van der Waals surface area contributed by atoms with Gasteiger partial charge in [0.05, 0.1) is 21.4 Å². The zero-order valence-electron chi connectivity index (χ0n) is 12.2. The lowest BCUT2D eigenvalue weighted by Crippen LogP contribution is -2.13. The van der Waals surface area contributed by atoms with Gasteiger partial charge in [-0.25, -0.2) is 0 Å². The van der Waals surface area contributed by atoms with E-state index in [2.05, 4.69) is 10.4 Å². The molecule has 1 aromatic heterocycles. The maximum absolute atomic E-state index is 12.0. The van der Waals surface area contributed by atoms with Crippen LogP contribution in [0.15, 0.2) is 18.2 Å². The number of hydrogen-bond donors (Lipinski definition) is 1. The van der Waals surface area contributed by atoms with Gasteiger partial charge in [-0.15, -0.1) is 0 Å². The minimum absolute atomic E-state index is 0.0955. The molecule has 1 N–H and O–H groups in total. The smallest absolute Gasteiger partial charge is 0.224 e. The Hall–Kier alpha value is -1.52. The number of amides is 1. The summed E-state index contributed by atoms with van der Waals surface area (Å²) in [5.74, 6) is -0.0955. The molecule has 21 heavy (non-hydrogen) atoms. The number of nitrogens with zero attached hydrogens (tertiary/aromatic N) is 2. The van der Waals surface area contributed by atoms with Crippen LogP contribution in [0.2, 0.25) is 10.0 Å². The summed E-state index contributed by atoms with van der Waals surface area (Å²) in [5, 5.41) is 7.92. The average Bonchev–Trinajstić information content (AvgIpc) is 2.67. The minimum Gasteiger partial charge on any atom is -0.325 e. The van der Waals surface area contributed by atoms with Crippen LogP contribution in [0, 0.1) is 13.8 Å². The van der Waals surface area contributed by atoms with Crippen LogP contribution in [0.1, 0.15) is 23.4 Å². The van der Waals surface area contributed by atoms with Gasteiger partial charge in [0.25, 0.3) is 0 Å². The van der Waals surface area contributed by atoms with E-state index in [4.69, 9.17) is 23.2 Å². The van der Waals surface area contributed by atoms with Crippen molar-refractivity contribution in [1.82, 2.24) is 9.78 Å². The fourth-order valence-corrected chi connectivity index (χ4v) is 2.58. The van der Waals surface area contributed by atoms with Gasteiger partial charge in [0, 0.05) is 19.2 Å². The Morgan fingerprint density at radius 1 is 1.33 bits per heavy atom. The molecular weight excluding hydrogens is 309 g/mol. The first-order valence-corrected chi connectivity index (χ1v) is 7.38. The van der Waals surface area contributed by atoms with Crippen molar-refractivity contribution < 1.29 is 4.79 Å². The Morgan fingerprint density at radius 2 is 2.05 bits per heavy atom. The van der Waals surface area contributed by atoms with Crippen LogP contribution in [0.5, 0.6) is 0 Å². The highest BCUT2D eigenvalue weighted by Crippen LogP contribution is 2.29. The molecule has 0 saturated carbocycles. The summed E-state index contributed by atoms with van der Waals surface area (Å²) in [6.45, 7) is 3.95. The highest BCUT2D eigenvalue weighted by Gasteiger charge is 2.12. The number of carbonyl (C=O) groups is 1. The van der Waals surface area contributed by atoms with Crippen molar-refractivity contribution in [2.45, 2.75) is 26.7 Å². The van der Waals surface area contributed by atoms with Gasteiger partial charge in [0.1, 0.15) is 0 Å². The van der Waals surface area contributed by atoms with Gasteiger partial charge in [-0.1, -0.05) is 29.3 Å². The van der Waals surface area contributed by atoms with Crippen LogP contribution in [-0.4, -0.2) is 15.7 Å². The molecule has 0 aliphatic heterocycles. The highest BCUT2D eigenvalue weighted by molar-refractivity contribution is 6.43. The van der Waals surface area contributed by atoms with Crippen molar-refractivity contribution >= 4 is 34.8 Å². The van der Waals surface area contributed by atoms with Crippen LogP contribution >= 0.6 is 23.2 Å². The van der Waals surface area contributed by atoms with Crippen LogP contribution in [0.25, 0.3) is 0 Å². The van der Waals surface area contributed by atoms with Crippen molar-refractivity contribution in [3.8, 4) is 0 Å². The Balaban J connectivity index is 2.01. The molecule has 0 aliphatic carbocycles. The molecule has 0 radical (unpaired) electrons. The molecule has 4 nitrogen and oxygen atoms in total. The molecule has 0 fully saturated rings. The third kappa shape index (κ3) is 3.57. The molecule has 0 spiro atoms. The lowest BCUT2D eigenvalue weighted by atomic mass is 10.1. The summed E-state index contributed by atoms with van der Waals surface area (Å²) < 4.78 is 1.83. The largest absolute Gasteiger partial charge is 0.325 e. The summed E-state index contributed by atoms with van der Waals surface area (Å²) in [7, 11) is 1.90. The van der Waals surface area contributed by atoms with E-state index in [0.29, 0.717) is 28.6 Å². The Morgan fingerprint density at radius 3 is 2.67 bits per heavy atom. The first-order chi connectivity index (χ1) is 9.90. The molecule has 1 heterocycles. The number of benzene rings is 1. The molecule has 0 atom stereocenters. The zero-order chi connectivity index (χ0) is 15.6. The fourth-order valence-electron chi connectivity index (χ4n) is 2.23. The van der Waals surface area contributed by atoms with E-state index in [1.807, 2.05) is 25.6 Å². The molecule has 0 aliphatic rings. The molecule has 112 valence electrons. The maximum atomic E-state index is 12.0. The van der Waals surface area contributed by atoms with Crippen molar-refractivity contribution in [2.75, 3.05) is 5.32 Å². The lowest BCUT2D eigenvalue weighted by Gasteiger charge is -2.08. The van der Waals surface area contributed by atoms with Gasteiger partial charge in [-0.05, 0) is 38.0 Å². The third-order valence-corrected chi connectivity index (χ3v) is 4.31. The number of aromatic nitrogens is 2. The van der Waals surface area contributed by atoms with Crippen LogP contribution in [0.3, 0.4) is 0 Å². The minimum atomic E-state index is -0.0955. The van der Waals surface area contributed by atoms with Crippen LogP contribution in [-0.2, 0) is 18.3 Å². The predicted octanol–water partition coefficient (Wildman–Crippen LogP) is 3.92. The molecule has 0 saturated heterocycles. The van der Waals surface area contributed by atoms with E-state index in [-0.39, 0.29) is 5.91 Å². The van der Waals surface area contributed by atoms with E-state index in [0.717, 1.165) is 17.0 Å². The quantitative estimate of drug-likeness (QED) is 0.926. The van der Waals surface area contributed by atoms with E-state index in [1.54, 1.807) is 18.2 Å². The molecule has 6 heteroatoms. The van der Waals surface area contributed by atoms with Gasteiger partial charge in [-0.2, -0.15) is 5.10 Å². The maximum Gasteiger partial charge on any atom is 0.224 e. The number of anilines is 1. The van der Waals surface area contributed by atoms with Crippen LogP contribution < -0.4 is 5.32 Å². The standard InChI is InChI=1S/C15H17Cl2N3O/c1-9-11(10(2)20(3)19-9)7-8-14(21)18-13-6-4-5-12(16)15(13)17/h4-6H,7-8H2,1-3H3,(H,18,21). The lowest BCUT2D eigenvalue weighted by molar-refractivity contribution is -0.116. The molecular formula is C15H17Cl2N3O. The first kappa shape index (κ1) is 15.9. The number of nitrogens with one attached hydrogen (secondary N) is 1. The monoisotopic (exact) mass is 325 g/mol. The summed E-state index contributed by atoms with van der Waals surface area (Å²) in [6, 6.07) is 5.16.